The fourth-order valence-electron chi connectivity index (χ4n) is 2.28. The Labute approximate surface area is 141 Å². The number of nitrogens with one attached hydrogen (secondary N) is 1. The molecule has 1 N–H and O–H groups in total. The van der Waals surface area contributed by atoms with E-state index >= 15 is 0 Å². The van der Waals surface area contributed by atoms with E-state index in [4.69, 9.17) is 0 Å². The molecule has 0 unspecified atom stereocenters. The zero-order valence-corrected chi connectivity index (χ0v) is 14.7. The molecule has 2 aromatic rings. The summed E-state index contributed by atoms with van der Waals surface area (Å²) in [5, 5.41) is 2.96. The topological polar surface area (TPSA) is 29.1 Å². The van der Waals surface area contributed by atoms with Gasteiger partial charge in [-0.1, -0.05) is 38.5 Å². The molecule has 0 saturated carbocycles. The van der Waals surface area contributed by atoms with Gasteiger partial charge in [-0.25, -0.2) is 0 Å². The summed E-state index contributed by atoms with van der Waals surface area (Å²) < 4.78 is 0.930. The fraction of sp³-hybridized carbons (Fsp3) is 0.316. The number of carbonyl (C=O) groups is 1. The molecule has 116 valence electrons. The number of halogens is 1. The molecule has 2 aromatic carbocycles. The van der Waals surface area contributed by atoms with E-state index in [0.29, 0.717) is 5.56 Å². The lowest BCUT2D eigenvalue weighted by Gasteiger charge is -2.10. The molecule has 0 fully saturated rings. The van der Waals surface area contributed by atoms with Crippen molar-refractivity contribution in [2.75, 3.05) is 5.32 Å². The third-order valence-corrected chi connectivity index (χ3v) is 4.38. The first-order valence-electron chi connectivity index (χ1n) is 7.82. The molecule has 0 heterocycles. The summed E-state index contributed by atoms with van der Waals surface area (Å²) in [6.45, 7) is 4.29. The number of unbranched alkanes of at least 4 members (excludes halogenated alkanes) is 1. The summed E-state index contributed by atoms with van der Waals surface area (Å²) in [7, 11) is 0. The van der Waals surface area contributed by atoms with E-state index in [9.17, 15) is 4.79 Å². The predicted molar refractivity (Wildman–Crippen MR) is 96.5 cm³/mol. The summed E-state index contributed by atoms with van der Waals surface area (Å²) in [5.41, 5.74) is 4.01. The van der Waals surface area contributed by atoms with Crippen LogP contribution in [0.1, 0.15) is 48.2 Å². The molecule has 0 bridgehead atoms. The summed E-state index contributed by atoms with van der Waals surface area (Å²) in [5.74, 6) is -0.0790. The van der Waals surface area contributed by atoms with E-state index in [2.05, 4.69) is 47.2 Å². The Morgan fingerprint density at radius 1 is 1.05 bits per heavy atom. The van der Waals surface area contributed by atoms with Gasteiger partial charge in [-0.05, 0) is 70.6 Å². The summed E-state index contributed by atoms with van der Waals surface area (Å²) in [6.07, 6.45) is 4.42. The number of hydrogen-bond acceptors (Lipinski definition) is 1. The van der Waals surface area contributed by atoms with Crippen LogP contribution < -0.4 is 5.32 Å². The van der Waals surface area contributed by atoms with Crippen molar-refractivity contribution in [2.24, 2.45) is 0 Å². The van der Waals surface area contributed by atoms with Crippen LogP contribution in [0.25, 0.3) is 0 Å². The molecule has 0 spiro atoms. The highest BCUT2D eigenvalue weighted by molar-refractivity contribution is 9.10. The molecule has 0 aliphatic heterocycles. The number of amides is 1. The van der Waals surface area contributed by atoms with Gasteiger partial charge in [0.25, 0.3) is 5.91 Å². The molecule has 3 heteroatoms. The molecule has 0 aliphatic carbocycles. The number of rotatable bonds is 6. The third-order valence-electron chi connectivity index (χ3n) is 3.73. The van der Waals surface area contributed by atoms with Crippen molar-refractivity contribution in [3.63, 3.8) is 0 Å². The fourth-order valence-corrected chi connectivity index (χ4v) is 2.81. The van der Waals surface area contributed by atoms with E-state index in [1.165, 1.54) is 24.0 Å². The first-order chi connectivity index (χ1) is 10.6. The monoisotopic (exact) mass is 359 g/mol. The minimum absolute atomic E-state index is 0.0790. The largest absolute Gasteiger partial charge is 0.321 e. The van der Waals surface area contributed by atoms with Gasteiger partial charge in [0, 0.05) is 10.0 Å². The van der Waals surface area contributed by atoms with Crippen LogP contribution in [-0.4, -0.2) is 5.91 Å². The van der Waals surface area contributed by atoms with Crippen molar-refractivity contribution in [1.82, 2.24) is 0 Å². The van der Waals surface area contributed by atoms with Gasteiger partial charge in [-0.15, -0.1) is 0 Å². The lowest BCUT2D eigenvalue weighted by atomic mass is 10.1. The van der Waals surface area contributed by atoms with Crippen LogP contribution >= 0.6 is 15.9 Å². The Morgan fingerprint density at radius 3 is 2.32 bits per heavy atom. The molecule has 1 amide bonds. The van der Waals surface area contributed by atoms with Gasteiger partial charge in [0.15, 0.2) is 0 Å². The molecular weight excluding hydrogens is 338 g/mol. The first kappa shape index (κ1) is 16.8. The van der Waals surface area contributed by atoms with Crippen LogP contribution in [0.15, 0.2) is 46.9 Å². The third kappa shape index (κ3) is 4.44. The minimum Gasteiger partial charge on any atom is -0.321 e. The molecule has 0 atom stereocenters. The van der Waals surface area contributed by atoms with Crippen molar-refractivity contribution < 1.29 is 4.79 Å². The zero-order chi connectivity index (χ0) is 15.9. The van der Waals surface area contributed by atoms with Gasteiger partial charge < -0.3 is 5.32 Å². The molecule has 0 aromatic heterocycles. The average molecular weight is 360 g/mol. The number of anilines is 1. The van der Waals surface area contributed by atoms with Crippen LogP contribution in [-0.2, 0) is 12.8 Å². The highest BCUT2D eigenvalue weighted by Crippen LogP contribution is 2.25. The van der Waals surface area contributed by atoms with Crippen LogP contribution in [0.2, 0.25) is 0 Å². The van der Waals surface area contributed by atoms with Crippen molar-refractivity contribution in [1.29, 1.82) is 0 Å². The van der Waals surface area contributed by atoms with E-state index in [1.807, 2.05) is 30.3 Å². The molecule has 0 saturated heterocycles. The van der Waals surface area contributed by atoms with Gasteiger partial charge in [0.2, 0.25) is 0 Å². The van der Waals surface area contributed by atoms with Gasteiger partial charge in [-0.2, -0.15) is 0 Å². The molecule has 0 radical (unpaired) electrons. The Kier molecular flexibility index (Phi) is 6.20. The lowest BCUT2D eigenvalue weighted by molar-refractivity contribution is 0.102. The molecule has 2 rings (SSSR count). The summed E-state index contributed by atoms with van der Waals surface area (Å²) in [4.78, 5) is 12.3. The van der Waals surface area contributed by atoms with E-state index in [-0.39, 0.29) is 5.91 Å². The lowest BCUT2D eigenvalue weighted by Crippen LogP contribution is -2.12. The van der Waals surface area contributed by atoms with Gasteiger partial charge in [0.1, 0.15) is 0 Å². The number of aryl methyl sites for hydroxylation is 2. The summed E-state index contributed by atoms with van der Waals surface area (Å²) in [6, 6.07) is 13.9. The standard InChI is InChI=1S/C19H22BrNO/c1-3-5-6-15-9-12-18(17(20)13-15)21-19(22)16-10-7-14(4-2)8-11-16/h7-13H,3-6H2,1-2H3,(H,21,22). The quantitative estimate of drug-likeness (QED) is 0.713. The molecule has 22 heavy (non-hydrogen) atoms. The smallest absolute Gasteiger partial charge is 0.255 e. The van der Waals surface area contributed by atoms with Gasteiger partial charge in [-0.3, -0.25) is 4.79 Å². The van der Waals surface area contributed by atoms with E-state index in [0.717, 1.165) is 23.0 Å². The first-order valence-corrected chi connectivity index (χ1v) is 8.62. The van der Waals surface area contributed by atoms with E-state index < -0.39 is 0 Å². The second-order valence-corrected chi connectivity index (χ2v) is 6.28. The second kappa shape index (κ2) is 8.14. The van der Waals surface area contributed by atoms with Crippen molar-refractivity contribution in [2.45, 2.75) is 39.5 Å². The van der Waals surface area contributed by atoms with Crippen molar-refractivity contribution >= 4 is 27.5 Å². The van der Waals surface area contributed by atoms with E-state index in [1.54, 1.807) is 0 Å². The maximum atomic E-state index is 12.3. The Bertz CT molecular complexity index is 634. The SMILES string of the molecule is CCCCc1ccc(NC(=O)c2ccc(CC)cc2)c(Br)c1. The average Bonchev–Trinajstić information content (AvgIpc) is 2.55. The molecule has 2 nitrogen and oxygen atoms in total. The van der Waals surface area contributed by atoms with Crippen molar-refractivity contribution in [3.8, 4) is 0 Å². The second-order valence-electron chi connectivity index (χ2n) is 5.42. The predicted octanol–water partition coefficient (Wildman–Crippen LogP) is 5.61. The number of benzene rings is 2. The van der Waals surface area contributed by atoms with Crippen LogP contribution in [0.5, 0.6) is 0 Å². The van der Waals surface area contributed by atoms with Gasteiger partial charge >= 0.3 is 0 Å². The van der Waals surface area contributed by atoms with Crippen molar-refractivity contribution in [3.05, 3.63) is 63.6 Å². The number of carbonyl (C=O) groups excluding carboxylic acids is 1. The number of hydrogen-bond donors (Lipinski definition) is 1. The molecular formula is C19H22BrNO. The maximum absolute atomic E-state index is 12.3. The summed E-state index contributed by atoms with van der Waals surface area (Å²) >= 11 is 3.55. The minimum atomic E-state index is -0.0790. The normalized spacial score (nSPS) is 10.5. The van der Waals surface area contributed by atoms with Crippen LogP contribution in [0.3, 0.4) is 0 Å². The maximum Gasteiger partial charge on any atom is 0.255 e. The zero-order valence-electron chi connectivity index (χ0n) is 13.2. The highest BCUT2D eigenvalue weighted by atomic mass is 79.9. The van der Waals surface area contributed by atoms with Crippen LogP contribution in [0.4, 0.5) is 5.69 Å². The Morgan fingerprint density at radius 2 is 1.73 bits per heavy atom. The Balaban J connectivity index is 2.07. The van der Waals surface area contributed by atoms with Gasteiger partial charge in [0.05, 0.1) is 5.69 Å². The Hall–Kier alpha value is -1.61. The van der Waals surface area contributed by atoms with Crippen LogP contribution in [0, 0.1) is 0 Å². The molecule has 0 aliphatic rings. The highest BCUT2D eigenvalue weighted by Gasteiger charge is 2.08.